The van der Waals surface area contributed by atoms with Gasteiger partial charge in [0.25, 0.3) is 5.91 Å². The number of hydrogen-bond acceptors (Lipinski definition) is 7. The molecule has 5 rings (SSSR count). The molecule has 36 heavy (non-hydrogen) atoms. The first-order valence-electron chi connectivity index (χ1n) is 12.5. The van der Waals surface area contributed by atoms with Crippen LogP contribution in [0.2, 0.25) is 0 Å². The minimum absolute atomic E-state index is 0.0557. The molecule has 11 nitrogen and oxygen atoms in total. The van der Waals surface area contributed by atoms with Crippen molar-refractivity contribution in [2.75, 3.05) is 18.9 Å². The van der Waals surface area contributed by atoms with Crippen LogP contribution in [0.4, 0.5) is 10.6 Å². The van der Waals surface area contributed by atoms with Crippen LogP contribution in [0.5, 0.6) is 0 Å². The van der Waals surface area contributed by atoms with E-state index in [-0.39, 0.29) is 23.7 Å². The van der Waals surface area contributed by atoms with E-state index in [2.05, 4.69) is 30.8 Å². The Morgan fingerprint density at radius 3 is 2.75 bits per heavy atom. The summed E-state index contributed by atoms with van der Waals surface area (Å²) in [7, 11) is 1.90. The molecule has 1 N–H and O–H groups in total. The Hall–Kier alpha value is -3.89. The molecule has 0 atom stereocenters. The lowest BCUT2D eigenvalue weighted by Crippen LogP contribution is -2.47. The third kappa shape index (κ3) is 4.77. The summed E-state index contributed by atoms with van der Waals surface area (Å²) < 4.78 is 1.68. The molecule has 1 aliphatic carbocycles. The molecule has 0 bridgehead atoms. The largest absolute Gasteiger partial charge is 0.325 e. The number of aromatic nitrogens is 6. The Kier molecular flexibility index (Phi) is 6.62. The van der Waals surface area contributed by atoms with Gasteiger partial charge in [-0.3, -0.25) is 9.78 Å². The van der Waals surface area contributed by atoms with Crippen LogP contribution in [0.15, 0.2) is 30.5 Å². The van der Waals surface area contributed by atoms with Crippen LogP contribution in [0.3, 0.4) is 0 Å². The van der Waals surface area contributed by atoms with Crippen LogP contribution in [0.25, 0.3) is 11.5 Å². The fraction of sp³-hybridized carbons (Fsp3) is 0.480. The number of tetrazole rings is 1. The smallest absolute Gasteiger partial charge is 0.320 e. The highest BCUT2D eigenvalue weighted by atomic mass is 16.2. The predicted molar refractivity (Wildman–Crippen MR) is 133 cm³/mol. The first kappa shape index (κ1) is 23.8. The molecule has 4 heterocycles. The second-order valence-electron chi connectivity index (χ2n) is 9.74. The predicted octanol–water partition coefficient (Wildman–Crippen LogP) is 3.32. The van der Waals surface area contributed by atoms with Crippen LogP contribution >= 0.6 is 0 Å². The molecule has 1 aliphatic heterocycles. The maximum absolute atomic E-state index is 13.1. The van der Waals surface area contributed by atoms with E-state index >= 15 is 0 Å². The van der Waals surface area contributed by atoms with Crippen molar-refractivity contribution in [3.05, 3.63) is 47.3 Å². The summed E-state index contributed by atoms with van der Waals surface area (Å²) in [6.45, 7) is 5.09. The summed E-state index contributed by atoms with van der Waals surface area (Å²) in [4.78, 5) is 38.8. The van der Waals surface area contributed by atoms with Gasteiger partial charge in [0.2, 0.25) is 5.82 Å². The standard InChI is InChI=1S/C25H31N9O2/c1-16(2)34-23(29-30-31-34)20-9-6-10-22(27-20)28-24(35)21-13-18-15-33(12-11-17(18)14-26-21)25(36)32(3)19-7-4-5-8-19/h6,9-10,13-14,16,19H,4-5,7-8,11-12,15H2,1-3H3,(H,27,28,35). The minimum atomic E-state index is -0.363. The molecule has 3 aromatic rings. The molecule has 11 heteroatoms. The van der Waals surface area contributed by atoms with Crippen LogP contribution in [0, 0.1) is 0 Å². The molecule has 0 radical (unpaired) electrons. The molecule has 0 saturated heterocycles. The normalized spacial score (nSPS) is 15.7. The lowest BCUT2D eigenvalue weighted by molar-refractivity contribution is 0.102. The first-order valence-corrected chi connectivity index (χ1v) is 12.5. The fourth-order valence-electron chi connectivity index (χ4n) is 4.92. The Morgan fingerprint density at radius 1 is 1.17 bits per heavy atom. The highest BCUT2D eigenvalue weighted by Crippen LogP contribution is 2.26. The second kappa shape index (κ2) is 10.00. The monoisotopic (exact) mass is 489 g/mol. The van der Waals surface area contributed by atoms with Crippen molar-refractivity contribution in [3.63, 3.8) is 0 Å². The highest BCUT2D eigenvalue weighted by Gasteiger charge is 2.29. The molecule has 3 amide bonds. The number of carbonyl (C=O) groups excluding carboxylic acids is 2. The summed E-state index contributed by atoms with van der Waals surface area (Å²) in [5.41, 5.74) is 2.86. The number of pyridine rings is 2. The van der Waals surface area contributed by atoms with E-state index in [1.807, 2.05) is 30.7 Å². The first-order chi connectivity index (χ1) is 17.4. The third-order valence-corrected chi connectivity index (χ3v) is 6.97. The molecular weight excluding hydrogens is 458 g/mol. The van der Waals surface area contributed by atoms with E-state index in [0.29, 0.717) is 36.5 Å². The maximum atomic E-state index is 13.1. The molecule has 0 aromatic carbocycles. The second-order valence-corrected chi connectivity index (χ2v) is 9.74. The quantitative estimate of drug-likeness (QED) is 0.583. The molecule has 2 aliphatic rings. The van der Waals surface area contributed by atoms with Crippen molar-refractivity contribution in [2.24, 2.45) is 0 Å². The van der Waals surface area contributed by atoms with Gasteiger partial charge in [-0.2, -0.15) is 0 Å². The molecule has 1 fully saturated rings. The van der Waals surface area contributed by atoms with Gasteiger partial charge < -0.3 is 15.1 Å². The Bertz CT molecular complexity index is 1270. The van der Waals surface area contributed by atoms with Gasteiger partial charge in [-0.1, -0.05) is 18.9 Å². The van der Waals surface area contributed by atoms with Gasteiger partial charge in [-0.25, -0.2) is 14.5 Å². The molecule has 0 spiro atoms. The van der Waals surface area contributed by atoms with Crippen molar-refractivity contribution < 1.29 is 9.59 Å². The zero-order valence-electron chi connectivity index (χ0n) is 20.9. The number of anilines is 1. The average Bonchev–Trinajstić information content (AvgIpc) is 3.60. The van der Waals surface area contributed by atoms with E-state index in [1.165, 1.54) is 12.8 Å². The molecule has 1 saturated carbocycles. The van der Waals surface area contributed by atoms with Gasteiger partial charge >= 0.3 is 6.03 Å². The number of nitrogens with one attached hydrogen (secondary N) is 1. The summed E-state index contributed by atoms with van der Waals surface area (Å²) in [5, 5.41) is 14.7. The van der Waals surface area contributed by atoms with Crippen LogP contribution in [-0.4, -0.2) is 71.5 Å². The topological polar surface area (TPSA) is 122 Å². The summed E-state index contributed by atoms with van der Waals surface area (Å²) >= 11 is 0. The van der Waals surface area contributed by atoms with Gasteiger partial charge in [0.05, 0.1) is 6.04 Å². The van der Waals surface area contributed by atoms with Crippen LogP contribution < -0.4 is 5.32 Å². The highest BCUT2D eigenvalue weighted by molar-refractivity contribution is 6.02. The van der Waals surface area contributed by atoms with Crippen molar-refractivity contribution in [1.29, 1.82) is 0 Å². The average molecular weight is 490 g/mol. The van der Waals surface area contributed by atoms with Gasteiger partial charge in [-0.15, -0.1) is 5.10 Å². The maximum Gasteiger partial charge on any atom is 0.320 e. The summed E-state index contributed by atoms with van der Waals surface area (Å²) in [6.07, 6.45) is 6.98. The van der Waals surface area contributed by atoms with E-state index < -0.39 is 0 Å². The van der Waals surface area contributed by atoms with Crippen LogP contribution in [0.1, 0.15) is 67.2 Å². The number of hydrogen-bond donors (Lipinski definition) is 1. The number of nitrogens with zero attached hydrogens (tertiary/aromatic N) is 8. The molecule has 0 unspecified atom stereocenters. The number of amides is 3. The van der Waals surface area contributed by atoms with Gasteiger partial charge in [0.1, 0.15) is 17.2 Å². The van der Waals surface area contributed by atoms with Crippen molar-refractivity contribution >= 4 is 17.8 Å². The molecule has 3 aromatic heterocycles. The van der Waals surface area contributed by atoms with E-state index in [0.717, 1.165) is 30.4 Å². The SMILES string of the molecule is CC(C)n1nnnc1-c1cccc(NC(=O)c2cc3c(cn2)CCN(C(=O)N(C)C2CCCC2)C3)n1. The number of urea groups is 1. The lowest BCUT2D eigenvalue weighted by atomic mass is 10.0. The van der Waals surface area contributed by atoms with E-state index in [9.17, 15) is 9.59 Å². The van der Waals surface area contributed by atoms with E-state index in [1.54, 1.807) is 35.1 Å². The number of fused-ring (bicyclic) bond motifs is 1. The number of carbonyl (C=O) groups is 2. The van der Waals surface area contributed by atoms with E-state index in [4.69, 9.17) is 0 Å². The van der Waals surface area contributed by atoms with Crippen LogP contribution in [-0.2, 0) is 13.0 Å². The fourth-order valence-corrected chi connectivity index (χ4v) is 4.92. The van der Waals surface area contributed by atoms with Gasteiger partial charge in [-0.05, 0) is 72.9 Å². The van der Waals surface area contributed by atoms with Crippen molar-refractivity contribution in [3.8, 4) is 11.5 Å². The zero-order valence-corrected chi connectivity index (χ0v) is 20.9. The van der Waals surface area contributed by atoms with Crippen molar-refractivity contribution in [1.82, 2.24) is 40.0 Å². The number of rotatable bonds is 5. The minimum Gasteiger partial charge on any atom is -0.325 e. The molecule has 188 valence electrons. The Labute approximate surface area is 209 Å². The van der Waals surface area contributed by atoms with Crippen molar-refractivity contribution in [2.45, 2.75) is 64.6 Å². The van der Waals surface area contributed by atoms with Gasteiger partial charge in [0.15, 0.2) is 0 Å². The lowest BCUT2D eigenvalue weighted by Gasteiger charge is -2.34. The third-order valence-electron chi connectivity index (χ3n) is 6.97. The van der Waals surface area contributed by atoms with Gasteiger partial charge in [0, 0.05) is 32.4 Å². The summed E-state index contributed by atoms with van der Waals surface area (Å²) in [5.74, 6) is 0.545. The Morgan fingerprint density at radius 2 is 1.97 bits per heavy atom. The zero-order chi connectivity index (χ0) is 25.2. The Balaban J connectivity index is 1.29. The molecular formula is C25H31N9O2. The summed E-state index contributed by atoms with van der Waals surface area (Å²) in [6, 6.07) is 7.53.